The molecule has 3 aliphatic carbocycles. The van der Waals surface area contributed by atoms with Crippen LogP contribution in [0.5, 0.6) is 5.75 Å². The van der Waals surface area contributed by atoms with Crippen molar-refractivity contribution < 1.29 is 18.3 Å². The highest BCUT2D eigenvalue weighted by Crippen LogP contribution is 2.58. The number of phenolic OH excluding ortho intramolecular Hbond substituents is 1. The molecule has 0 amide bonds. The first-order chi connectivity index (χ1) is 13.8. The summed E-state index contributed by atoms with van der Waals surface area (Å²) in [6.45, 7) is 2.04. The van der Waals surface area contributed by atoms with Crippen molar-refractivity contribution in [3.8, 4) is 5.75 Å². The number of phenols is 1. The Hall–Kier alpha value is -2.75. The average molecular weight is 396 g/mol. The summed E-state index contributed by atoms with van der Waals surface area (Å²) in [6.07, 6.45) is 11.8. The monoisotopic (exact) mass is 396 g/mol. The van der Waals surface area contributed by atoms with Crippen molar-refractivity contribution in [1.29, 1.82) is 0 Å². The third-order valence-electron chi connectivity index (χ3n) is 6.32. The van der Waals surface area contributed by atoms with E-state index < -0.39 is 22.8 Å². The second kappa shape index (κ2) is 7.25. The molecule has 29 heavy (non-hydrogen) atoms. The zero-order valence-electron chi connectivity index (χ0n) is 16.3. The first-order valence-corrected chi connectivity index (χ1v) is 9.84. The van der Waals surface area contributed by atoms with Gasteiger partial charge in [-0.1, -0.05) is 54.1 Å². The number of hydrogen-bond acceptors (Lipinski definition) is 1. The fourth-order valence-corrected chi connectivity index (χ4v) is 4.27. The fourth-order valence-electron chi connectivity index (χ4n) is 4.27. The Morgan fingerprint density at radius 1 is 0.828 bits per heavy atom. The Morgan fingerprint density at radius 3 is 2.17 bits per heavy atom. The number of aromatic hydroxyl groups is 1. The number of halogens is 3. The van der Waals surface area contributed by atoms with Crippen molar-refractivity contribution in [1.82, 2.24) is 0 Å². The average Bonchev–Trinajstić information content (AvgIpc) is 2.72. The van der Waals surface area contributed by atoms with Crippen molar-refractivity contribution in [2.24, 2.45) is 10.8 Å². The molecule has 1 fully saturated rings. The van der Waals surface area contributed by atoms with Crippen molar-refractivity contribution in [2.45, 2.75) is 32.6 Å². The largest absolute Gasteiger partial charge is 0.505 e. The van der Waals surface area contributed by atoms with Crippen LogP contribution in [-0.2, 0) is 0 Å². The predicted molar refractivity (Wildman–Crippen MR) is 110 cm³/mol. The molecule has 1 saturated carbocycles. The molecule has 2 bridgehead atoms. The zero-order chi connectivity index (χ0) is 20.6. The maximum absolute atomic E-state index is 15.1. The van der Waals surface area contributed by atoms with Crippen LogP contribution in [0.3, 0.4) is 0 Å². The molecule has 0 radical (unpaired) electrons. The van der Waals surface area contributed by atoms with Gasteiger partial charge in [-0.05, 0) is 56.4 Å². The van der Waals surface area contributed by atoms with Crippen LogP contribution in [0.15, 0.2) is 60.5 Å². The number of rotatable bonds is 4. The van der Waals surface area contributed by atoms with Crippen LogP contribution in [0.25, 0.3) is 12.2 Å². The minimum atomic E-state index is -1.28. The first kappa shape index (κ1) is 19.6. The van der Waals surface area contributed by atoms with Gasteiger partial charge in [0, 0.05) is 16.4 Å². The van der Waals surface area contributed by atoms with Gasteiger partial charge in [0.05, 0.1) is 0 Å². The van der Waals surface area contributed by atoms with Crippen LogP contribution in [0.4, 0.5) is 13.2 Å². The molecule has 150 valence electrons. The lowest BCUT2D eigenvalue weighted by Crippen LogP contribution is -2.37. The molecule has 0 aromatic heterocycles. The number of benzene rings is 2. The van der Waals surface area contributed by atoms with Crippen LogP contribution in [0, 0.1) is 29.4 Å². The first-order valence-electron chi connectivity index (χ1n) is 9.84. The Bertz CT molecular complexity index is 1010. The Balaban J connectivity index is 1.57. The fraction of sp³-hybridized carbons (Fsp3) is 0.280. The molecule has 0 aliphatic heterocycles. The SMILES string of the molecule is Cc1ccc(/C=C/C23C=C(F)C(/C=C/c4ccc(O)c(F)c4F)(CC2)CC3)cc1. The van der Waals surface area contributed by atoms with Gasteiger partial charge in [0.25, 0.3) is 0 Å². The van der Waals surface area contributed by atoms with E-state index in [1.807, 2.05) is 25.1 Å². The van der Waals surface area contributed by atoms with Gasteiger partial charge in [-0.25, -0.2) is 8.78 Å². The van der Waals surface area contributed by atoms with Crippen molar-refractivity contribution >= 4 is 12.2 Å². The molecule has 0 unspecified atom stereocenters. The summed E-state index contributed by atoms with van der Waals surface area (Å²) in [7, 11) is 0. The van der Waals surface area contributed by atoms with Crippen molar-refractivity contribution in [3.63, 3.8) is 0 Å². The van der Waals surface area contributed by atoms with Gasteiger partial charge in [-0.15, -0.1) is 0 Å². The van der Waals surface area contributed by atoms with E-state index in [0.717, 1.165) is 24.5 Å². The Kier molecular flexibility index (Phi) is 4.89. The standard InChI is InChI=1S/C25H23F3O/c1-17-2-4-18(5-3-17)8-10-24-12-14-25(15-13-24,21(26)16-24)11-9-19-6-7-20(29)23(28)22(19)27/h2-11,16,29H,12-15H2,1H3/b10-8+,11-9+. The second-order valence-corrected chi connectivity index (χ2v) is 8.26. The third kappa shape index (κ3) is 3.64. The topological polar surface area (TPSA) is 20.2 Å². The second-order valence-electron chi connectivity index (χ2n) is 8.26. The molecule has 2 aromatic carbocycles. The summed E-state index contributed by atoms with van der Waals surface area (Å²) in [6, 6.07) is 10.6. The van der Waals surface area contributed by atoms with Gasteiger partial charge in [-0.2, -0.15) is 4.39 Å². The lowest BCUT2D eigenvalue weighted by molar-refractivity contribution is 0.153. The molecule has 5 rings (SSSR count). The Labute approximate surface area is 168 Å². The molecule has 0 spiro atoms. The number of hydrogen-bond donors (Lipinski definition) is 1. The molecule has 2 aromatic rings. The highest BCUT2D eigenvalue weighted by molar-refractivity contribution is 5.55. The maximum atomic E-state index is 15.1. The number of allylic oxidation sites excluding steroid dienone is 4. The van der Waals surface area contributed by atoms with Crippen molar-refractivity contribution in [3.05, 3.63) is 88.8 Å². The van der Waals surface area contributed by atoms with Crippen LogP contribution >= 0.6 is 0 Å². The van der Waals surface area contributed by atoms with E-state index in [1.54, 1.807) is 12.2 Å². The zero-order valence-corrected chi connectivity index (χ0v) is 16.3. The summed E-state index contributed by atoms with van der Waals surface area (Å²) in [5, 5.41) is 9.25. The molecule has 0 saturated heterocycles. The van der Waals surface area contributed by atoms with Crippen LogP contribution in [0.2, 0.25) is 0 Å². The van der Waals surface area contributed by atoms with Crippen LogP contribution < -0.4 is 0 Å². The normalized spacial score (nSPS) is 26.4. The molecule has 4 heteroatoms. The van der Waals surface area contributed by atoms with Gasteiger partial charge in [0.1, 0.15) is 5.83 Å². The molecule has 1 N–H and O–H groups in total. The molecule has 3 aliphatic rings. The van der Waals surface area contributed by atoms with Crippen LogP contribution in [-0.4, -0.2) is 5.11 Å². The third-order valence-corrected chi connectivity index (χ3v) is 6.32. The minimum Gasteiger partial charge on any atom is -0.505 e. The minimum absolute atomic E-state index is 0.00384. The smallest absolute Gasteiger partial charge is 0.200 e. The van der Waals surface area contributed by atoms with E-state index in [-0.39, 0.29) is 16.8 Å². The lowest BCUT2D eigenvalue weighted by Gasteiger charge is -2.47. The highest BCUT2D eigenvalue weighted by Gasteiger charge is 2.47. The summed E-state index contributed by atoms with van der Waals surface area (Å²) >= 11 is 0. The van der Waals surface area contributed by atoms with Gasteiger partial charge >= 0.3 is 0 Å². The predicted octanol–water partition coefficient (Wildman–Crippen LogP) is 7.12. The van der Waals surface area contributed by atoms with E-state index >= 15 is 4.39 Å². The van der Waals surface area contributed by atoms with E-state index in [9.17, 15) is 13.9 Å². The molecule has 1 nitrogen and oxygen atoms in total. The van der Waals surface area contributed by atoms with Gasteiger partial charge in [0.2, 0.25) is 5.82 Å². The van der Waals surface area contributed by atoms with Gasteiger partial charge in [-0.3, -0.25) is 0 Å². The number of fused-ring (bicyclic) bond motifs is 2. The van der Waals surface area contributed by atoms with Crippen molar-refractivity contribution in [2.75, 3.05) is 0 Å². The number of aryl methyl sites for hydroxylation is 1. The van der Waals surface area contributed by atoms with Gasteiger partial charge < -0.3 is 5.11 Å². The van der Waals surface area contributed by atoms with Crippen LogP contribution in [0.1, 0.15) is 42.4 Å². The summed E-state index contributed by atoms with van der Waals surface area (Å²) in [4.78, 5) is 0. The maximum Gasteiger partial charge on any atom is 0.200 e. The molecule has 0 heterocycles. The van der Waals surface area contributed by atoms with E-state index in [2.05, 4.69) is 18.2 Å². The van der Waals surface area contributed by atoms with E-state index in [1.165, 1.54) is 17.7 Å². The molecular weight excluding hydrogens is 373 g/mol. The quantitative estimate of drug-likeness (QED) is 0.583. The Morgan fingerprint density at radius 2 is 1.52 bits per heavy atom. The summed E-state index contributed by atoms with van der Waals surface area (Å²) in [5.74, 6) is -3.35. The summed E-state index contributed by atoms with van der Waals surface area (Å²) in [5.41, 5.74) is 1.24. The highest BCUT2D eigenvalue weighted by atomic mass is 19.2. The molecule has 0 atom stereocenters. The molecular formula is C25H23F3O. The van der Waals surface area contributed by atoms with Gasteiger partial charge in [0.15, 0.2) is 11.6 Å². The summed E-state index contributed by atoms with van der Waals surface area (Å²) < 4.78 is 42.6. The van der Waals surface area contributed by atoms with E-state index in [0.29, 0.717) is 12.8 Å². The van der Waals surface area contributed by atoms with E-state index in [4.69, 9.17) is 0 Å². The lowest BCUT2D eigenvalue weighted by atomic mass is 9.57.